The minimum absolute atomic E-state index is 0.00469. The Morgan fingerprint density at radius 1 is 1.00 bits per heavy atom. The second-order valence-electron chi connectivity index (χ2n) is 7.32. The van der Waals surface area contributed by atoms with E-state index in [0.717, 1.165) is 31.6 Å². The Labute approximate surface area is 168 Å². The molecule has 150 valence electrons. The predicted molar refractivity (Wildman–Crippen MR) is 109 cm³/mol. The molecule has 1 fully saturated rings. The first-order valence-corrected chi connectivity index (χ1v) is 9.79. The molecule has 1 saturated heterocycles. The normalized spacial score (nSPS) is 15.4. The number of hydrogen-bond acceptors (Lipinski definition) is 4. The maximum Gasteiger partial charge on any atom is 0.244 e. The van der Waals surface area contributed by atoms with Crippen LogP contribution in [0.3, 0.4) is 0 Å². The van der Waals surface area contributed by atoms with Crippen LogP contribution in [0, 0.1) is 5.82 Å². The van der Waals surface area contributed by atoms with Crippen LogP contribution in [0.25, 0.3) is 10.9 Å². The molecule has 1 amide bonds. The van der Waals surface area contributed by atoms with Crippen molar-refractivity contribution in [2.45, 2.75) is 19.5 Å². The Balaban J connectivity index is 1.41. The van der Waals surface area contributed by atoms with Gasteiger partial charge in [-0.25, -0.2) is 4.39 Å². The van der Waals surface area contributed by atoms with Crippen LogP contribution in [-0.4, -0.2) is 51.7 Å². The molecular formula is C22H23FN4O2. The maximum atomic E-state index is 13.1. The molecule has 1 aliphatic rings. The number of rotatable bonds is 4. The summed E-state index contributed by atoms with van der Waals surface area (Å²) in [6, 6.07) is 13.8. The lowest BCUT2D eigenvalue weighted by Crippen LogP contribution is -2.37. The van der Waals surface area contributed by atoms with Gasteiger partial charge >= 0.3 is 0 Å². The third kappa shape index (κ3) is 4.51. The number of carbonyl (C=O) groups is 1. The SMILES string of the molecule is O=C(Cn1ncc(=O)c2ccccc21)N1CCCN(Cc2ccc(F)cc2)CC1. The van der Waals surface area contributed by atoms with Crippen LogP contribution in [0.15, 0.2) is 59.5 Å². The number of amides is 1. The van der Waals surface area contributed by atoms with Gasteiger partial charge in [0.2, 0.25) is 11.3 Å². The third-order valence-corrected chi connectivity index (χ3v) is 5.31. The van der Waals surface area contributed by atoms with Crippen LogP contribution in [0.2, 0.25) is 0 Å². The molecule has 2 aromatic carbocycles. The van der Waals surface area contributed by atoms with E-state index < -0.39 is 0 Å². The Kier molecular flexibility index (Phi) is 5.67. The van der Waals surface area contributed by atoms with Gasteiger partial charge in [-0.05, 0) is 36.2 Å². The van der Waals surface area contributed by atoms with Crippen molar-refractivity contribution in [2.75, 3.05) is 26.2 Å². The quantitative estimate of drug-likeness (QED) is 0.681. The van der Waals surface area contributed by atoms with Gasteiger partial charge in [0.1, 0.15) is 12.4 Å². The zero-order valence-electron chi connectivity index (χ0n) is 16.1. The largest absolute Gasteiger partial charge is 0.340 e. The minimum Gasteiger partial charge on any atom is -0.340 e. The number of hydrogen-bond donors (Lipinski definition) is 0. The highest BCUT2D eigenvalue weighted by molar-refractivity contribution is 5.81. The minimum atomic E-state index is -0.231. The molecule has 6 nitrogen and oxygen atoms in total. The number of nitrogens with zero attached hydrogens (tertiary/aromatic N) is 4. The second kappa shape index (κ2) is 8.53. The number of carbonyl (C=O) groups excluding carboxylic acids is 1. The summed E-state index contributed by atoms with van der Waals surface area (Å²) in [6.07, 6.45) is 2.15. The predicted octanol–water partition coefficient (Wildman–Crippen LogP) is 2.27. The van der Waals surface area contributed by atoms with Gasteiger partial charge in [-0.3, -0.25) is 19.2 Å². The van der Waals surface area contributed by atoms with Crippen molar-refractivity contribution < 1.29 is 9.18 Å². The fourth-order valence-electron chi connectivity index (χ4n) is 3.74. The van der Waals surface area contributed by atoms with Gasteiger partial charge in [0.25, 0.3) is 0 Å². The fraction of sp³-hybridized carbons (Fsp3) is 0.318. The lowest BCUT2D eigenvalue weighted by Gasteiger charge is -2.22. The first-order chi connectivity index (χ1) is 14.1. The molecule has 0 atom stereocenters. The highest BCUT2D eigenvalue weighted by Crippen LogP contribution is 2.12. The van der Waals surface area contributed by atoms with Crippen molar-refractivity contribution in [1.82, 2.24) is 19.6 Å². The molecule has 0 aliphatic carbocycles. The molecule has 7 heteroatoms. The van der Waals surface area contributed by atoms with E-state index in [1.54, 1.807) is 28.9 Å². The van der Waals surface area contributed by atoms with Gasteiger partial charge in [0.05, 0.1) is 11.7 Å². The second-order valence-corrected chi connectivity index (χ2v) is 7.32. The Bertz CT molecular complexity index is 1060. The molecule has 29 heavy (non-hydrogen) atoms. The van der Waals surface area contributed by atoms with Crippen molar-refractivity contribution in [2.24, 2.45) is 0 Å². The van der Waals surface area contributed by atoms with E-state index in [0.29, 0.717) is 24.0 Å². The monoisotopic (exact) mass is 394 g/mol. The summed E-state index contributed by atoms with van der Waals surface area (Å²) in [5.41, 5.74) is 1.59. The summed E-state index contributed by atoms with van der Waals surface area (Å²) >= 11 is 0. The van der Waals surface area contributed by atoms with Gasteiger partial charge < -0.3 is 4.90 Å². The summed E-state index contributed by atoms with van der Waals surface area (Å²) in [5, 5.41) is 4.72. The molecule has 0 unspecified atom stereocenters. The summed E-state index contributed by atoms with van der Waals surface area (Å²) in [7, 11) is 0. The number of fused-ring (bicyclic) bond motifs is 1. The smallest absolute Gasteiger partial charge is 0.244 e. The van der Waals surface area contributed by atoms with Crippen LogP contribution < -0.4 is 5.43 Å². The lowest BCUT2D eigenvalue weighted by molar-refractivity contribution is -0.131. The molecule has 3 aromatic rings. The van der Waals surface area contributed by atoms with E-state index in [2.05, 4.69) is 10.00 Å². The summed E-state index contributed by atoms with van der Waals surface area (Å²) in [6.45, 7) is 3.84. The van der Waals surface area contributed by atoms with Gasteiger partial charge in [-0.2, -0.15) is 5.10 Å². The number of halogens is 1. The average molecular weight is 394 g/mol. The molecule has 1 aliphatic heterocycles. The van der Waals surface area contributed by atoms with Gasteiger partial charge in [0, 0.05) is 38.1 Å². The molecule has 0 saturated carbocycles. The van der Waals surface area contributed by atoms with Crippen molar-refractivity contribution in [1.29, 1.82) is 0 Å². The highest BCUT2D eigenvalue weighted by Gasteiger charge is 2.20. The summed E-state index contributed by atoms with van der Waals surface area (Å²) in [4.78, 5) is 29.0. The number of benzene rings is 2. The standard InChI is InChI=1S/C22H23FN4O2/c23-18-8-6-17(7-9-18)15-25-10-3-11-26(13-12-25)22(29)16-27-20-5-2-1-4-19(20)21(28)14-24-27/h1-2,4-9,14H,3,10-13,15-16H2. The molecule has 0 radical (unpaired) electrons. The van der Waals surface area contributed by atoms with E-state index >= 15 is 0 Å². The molecule has 1 aromatic heterocycles. The van der Waals surface area contributed by atoms with Crippen LogP contribution in [0.4, 0.5) is 4.39 Å². The van der Waals surface area contributed by atoms with Crippen LogP contribution >= 0.6 is 0 Å². The molecule has 0 spiro atoms. The Hall–Kier alpha value is -3.06. The van der Waals surface area contributed by atoms with Gasteiger partial charge in [-0.1, -0.05) is 24.3 Å². The highest BCUT2D eigenvalue weighted by atomic mass is 19.1. The molecule has 0 N–H and O–H groups in total. The summed E-state index contributed by atoms with van der Waals surface area (Å²) < 4.78 is 14.7. The van der Waals surface area contributed by atoms with E-state index in [1.165, 1.54) is 18.3 Å². The van der Waals surface area contributed by atoms with Crippen LogP contribution in [0.5, 0.6) is 0 Å². The van der Waals surface area contributed by atoms with Crippen molar-refractivity contribution in [3.8, 4) is 0 Å². The maximum absolute atomic E-state index is 13.1. The first kappa shape index (κ1) is 19.3. The molecular weight excluding hydrogens is 371 g/mol. The van der Waals surface area contributed by atoms with Gasteiger partial charge in [0.15, 0.2) is 0 Å². The zero-order valence-corrected chi connectivity index (χ0v) is 16.1. The van der Waals surface area contributed by atoms with Gasteiger partial charge in [-0.15, -0.1) is 0 Å². The number of para-hydroxylation sites is 1. The summed E-state index contributed by atoms with van der Waals surface area (Å²) in [5.74, 6) is -0.236. The molecule has 0 bridgehead atoms. The van der Waals surface area contributed by atoms with E-state index in [1.807, 2.05) is 17.0 Å². The fourth-order valence-corrected chi connectivity index (χ4v) is 3.74. The number of aromatic nitrogens is 2. The van der Waals surface area contributed by atoms with Crippen LogP contribution in [-0.2, 0) is 17.9 Å². The van der Waals surface area contributed by atoms with Crippen LogP contribution in [0.1, 0.15) is 12.0 Å². The van der Waals surface area contributed by atoms with E-state index in [4.69, 9.17) is 0 Å². The molecule has 4 rings (SSSR count). The topological polar surface area (TPSA) is 58.4 Å². The van der Waals surface area contributed by atoms with E-state index in [9.17, 15) is 14.0 Å². The van der Waals surface area contributed by atoms with E-state index in [-0.39, 0.29) is 23.7 Å². The Morgan fingerprint density at radius 3 is 2.62 bits per heavy atom. The zero-order chi connectivity index (χ0) is 20.2. The average Bonchev–Trinajstić information content (AvgIpc) is 2.98. The first-order valence-electron chi connectivity index (χ1n) is 9.79. The lowest BCUT2D eigenvalue weighted by atomic mass is 10.2. The van der Waals surface area contributed by atoms with Crippen molar-refractivity contribution in [3.63, 3.8) is 0 Å². The van der Waals surface area contributed by atoms with Crippen molar-refractivity contribution in [3.05, 3.63) is 76.3 Å². The third-order valence-electron chi connectivity index (χ3n) is 5.31. The molecule has 2 heterocycles. The van der Waals surface area contributed by atoms with Crippen molar-refractivity contribution >= 4 is 16.8 Å². The Morgan fingerprint density at radius 2 is 1.79 bits per heavy atom.